The maximum atomic E-state index is 0. The molecule has 0 aromatic carbocycles. The average Bonchev–Trinajstić information content (AvgIpc) is 0. The molecule has 0 aromatic rings. The molecule has 0 bridgehead atoms. The second kappa shape index (κ2) is 158. The van der Waals surface area contributed by atoms with Crippen LogP contribution in [0.1, 0.15) is 5.71 Å². The Balaban J connectivity index is 0. The van der Waals surface area contributed by atoms with Gasteiger partial charge in [-0.15, -0.1) is 0 Å². The molecule has 0 N–H and O–H groups in total. The van der Waals surface area contributed by atoms with Crippen molar-refractivity contribution in [3.8, 4) is 0 Å². The normalized spacial score (nSPS) is 0. The molecule has 0 aliphatic rings. The maximum Gasteiger partial charge on any atom is 3.00 e. The van der Waals surface area contributed by atoms with Crippen LogP contribution in [0.4, 0.5) is 0 Å². The molecule has 0 saturated heterocycles. The van der Waals surface area contributed by atoms with Crippen LogP contribution >= 0.6 is 19.8 Å². The van der Waals surface area contributed by atoms with E-state index in [0.717, 1.165) is 0 Å². The molecule has 11 heteroatoms. The molecule has 0 amide bonds. The summed E-state index contributed by atoms with van der Waals surface area (Å²) in [5.41, 5.74) is 0. The van der Waals surface area contributed by atoms with Crippen molar-refractivity contribution in [2.45, 2.75) is 0 Å². The quantitative estimate of drug-likeness (QED) is 0.360. The minimum Gasteiger partial charge on any atom is -2.00 e. The molecule has 0 heterocycles. The molecule has 8 radical (unpaired) electrons. The van der Waals surface area contributed by atoms with Crippen molar-refractivity contribution in [3.63, 3.8) is 0 Å². The first-order valence-corrected chi connectivity index (χ1v) is 0. The van der Waals surface area contributed by atoms with E-state index in [1.165, 1.54) is 0 Å². The van der Waals surface area contributed by atoms with Gasteiger partial charge in [0.1, 0.15) is 0 Å². The Bertz CT molecular complexity index is 37.8. The molecule has 0 aliphatic heterocycles. The maximum absolute atomic E-state index is 0. The van der Waals surface area contributed by atoms with Crippen molar-refractivity contribution >= 4 is 123 Å². The number of hydrogen-bond acceptors (Lipinski definition) is 0. The topological polar surface area (TPSA) is 85.5 Å². The summed E-state index contributed by atoms with van der Waals surface area (Å²) in [4.78, 5) is 0. The fourth-order valence-electron chi connectivity index (χ4n) is 0. The molecular formula is H10Al2Mg2O3P2Si2. The van der Waals surface area contributed by atoms with Crippen molar-refractivity contribution in [1.29, 1.82) is 0 Å². The van der Waals surface area contributed by atoms with Crippen LogP contribution in [0.3, 0.4) is 0 Å². The van der Waals surface area contributed by atoms with Crippen LogP contribution in [0.5, 0.6) is 0 Å². The van der Waals surface area contributed by atoms with Crippen molar-refractivity contribution < 1.29 is 22.1 Å². The van der Waals surface area contributed by atoms with Gasteiger partial charge in [0.15, 0.2) is 0 Å². The summed E-state index contributed by atoms with van der Waals surface area (Å²) in [6.45, 7) is 0. The van der Waals surface area contributed by atoms with Crippen LogP contribution in [-0.4, -0.2) is 103 Å². The summed E-state index contributed by atoms with van der Waals surface area (Å²) in [6.07, 6.45) is 0. The minimum atomic E-state index is 0. The van der Waals surface area contributed by atoms with E-state index in [-0.39, 0.29) is 145 Å². The first-order chi connectivity index (χ1) is 0. The smallest absolute Gasteiger partial charge is 2.00 e. The first-order valence-electron chi connectivity index (χ1n) is 0. The Morgan fingerprint density at radius 1 is 0.545 bits per heavy atom. The zero-order valence-corrected chi connectivity index (χ0v) is 16.2. The minimum absolute atomic E-state index is 0. The number of hydrogen-bond donors (Lipinski definition) is 0. The van der Waals surface area contributed by atoms with Crippen LogP contribution in [0, 0.1) is 0 Å². The van der Waals surface area contributed by atoms with E-state index in [1.807, 2.05) is 0 Å². The van der Waals surface area contributed by atoms with Gasteiger partial charge in [-0.25, -0.2) is 0 Å². The van der Waals surface area contributed by atoms with E-state index in [0.29, 0.717) is 0 Å². The van der Waals surface area contributed by atoms with Gasteiger partial charge < -0.3 is 22.1 Å². The van der Waals surface area contributed by atoms with Gasteiger partial charge in [-0.2, -0.15) is 19.8 Å². The molecule has 0 aliphatic carbocycles. The molecule has 11 heavy (non-hydrogen) atoms. The summed E-state index contributed by atoms with van der Waals surface area (Å²) in [5, 5.41) is 0. The molecule has 56 valence electrons. The summed E-state index contributed by atoms with van der Waals surface area (Å²) < 4.78 is 0. The van der Waals surface area contributed by atoms with Gasteiger partial charge in [-0.05, 0) is 0 Å². The van der Waals surface area contributed by atoms with Crippen molar-refractivity contribution in [3.05, 3.63) is 0 Å². The third-order valence-corrected chi connectivity index (χ3v) is 0. The van der Waals surface area contributed by atoms with Gasteiger partial charge >= 0.3 is 80.8 Å². The Hall–Kier alpha value is 3.77. The van der Waals surface area contributed by atoms with E-state index in [4.69, 9.17) is 0 Å². The Morgan fingerprint density at radius 3 is 0.545 bits per heavy atom. The van der Waals surface area contributed by atoms with Gasteiger partial charge in [-0.3, -0.25) is 0 Å². The van der Waals surface area contributed by atoms with E-state index < -0.39 is 0 Å². The third kappa shape index (κ3) is 134. The predicted molar refractivity (Wildman–Crippen MR) is 63.2 cm³/mol. The molecule has 0 rings (SSSR count). The second-order valence-electron chi connectivity index (χ2n) is 0. The monoisotopic (exact) mass is 278 g/mol. The Kier molecular flexibility index (Phi) is 2830. The van der Waals surface area contributed by atoms with Crippen molar-refractivity contribution in [2.24, 2.45) is 0 Å². The molecule has 2 unspecified atom stereocenters. The fraction of sp³-hybridized carbons (Fsp3) is 0. The Labute approximate surface area is 143 Å². The summed E-state index contributed by atoms with van der Waals surface area (Å²) in [5.74, 6) is 0. The first kappa shape index (κ1) is 197. The predicted octanol–water partition coefficient (Wildman–Crippen LogP) is -2.08. The second-order valence-corrected chi connectivity index (χ2v) is 0. The molecular weight excluding hydrogens is 269 g/mol. The zero-order chi connectivity index (χ0) is 0. The van der Waals surface area contributed by atoms with Gasteiger partial charge in [0.2, 0.25) is 0 Å². The average molecular weight is 279 g/mol. The van der Waals surface area contributed by atoms with Crippen LogP contribution < -0.4 is 0 Å². The molecule has 2 atom stereocenters. The standard InChI is InChI=1S/2Al.2Mg.3O.2H3P.2Si.4H/h;;;;;;;2*1H3;;;;;;/q2*+3;2*+2;3*-2;;;;;4*-1. The van der Waals surface area contributed by atoms with Gasteiger partial charge in [0.25, 0.3) is 0 Å². The van der Waals surface area contributed by atoms with Crippen LogP contribution in [0.25, 0.3) is 0 Å². The van der Waals surface area contributed by atoms with Crippen LogP contribution in [0.15, 0.2) is 0 Å². The van der Waals surface area contributed by atoms with E-state index in [9.17, 15) is 0 Å². The molecule has 0 aromatic heterocycles. The van der Waals surface area contributed by atoms with E-state index >= 15 is 0 Å². The fourth-order valence-corrected chi connectivity index (χ4v) is 0. The van der Waals surface area contributed by atoms with E-state index in [1.54, 1.807) is 0 Å². The molecule has 0 spiro atoms. The van der Waals surface area contributed by atoms with Crippen molar-refractivity contribution in [1.82, 2.24) is 0 Å². The third-order valence-electron chi connectivity index (χ3n) is 0. The van der Waals surface area contributed by atoms with Gasteiger partial charge in [0.05, 0.1) is 0 Å². The largest absolute Gasteiger partial charge is 3.00 e. The molecule has 0 fully saturated rings. The van der Waals surface area contributed by atoms with Crippen molar-refractivity contribution in [2.75, 3.05) is 0 Å². The molecule has 3 nitrogen and oxygen atoms in total. The van der Waals surface area contributed by atoms with Crippen LogP contribution in [0.2, 0.25) is 0 Å². The summed E-state index contributed by atoms with van der Waals surface area (Å²) in [7, 11) is 0. The van der Waals surface area contributed by atoms with Crippen LogP contribution in [-0.2, 0) is 16.4 Å². The van der Waals surface area contributed by atoms with Gasteiger partial charge in [0, 0.05) is 21.9 Å². The zero-order valence-electron chi connectivity index (χ0n) is 10.2. The summed E-state index contributed by atoms with van der Waals surface area (Å²) >= 11 is 0. The Morgan fingerprint density at radius 2 is 0.545 bits per heavy atom. The van der Waals surface area contributed by atoms with E-state index in [2.05, 4.69) is 0 Å². The summed E-state index contributed by atoms with van der Waals surface area (Å²) in [6, 6.07) is 0. The van der Waals surface area contributed by atoms with Gasteiger partial charge in [-0.1, -0.05) is 0 Å². The number of rotatable bonds is 0. The molecule has 0 saturated carbocycles. The SMILES string of the molecule is P.P.[Al+3].[Al+3].[H-].[H-].[H-].[H-].[Mg+2].[Mg+2].[O-2].[O-2].[O-2].[Si].[Si].